The topological polar surface area (TPSA) is 68.0 Å². The van der Waals surface area contributed by atoms with E-state index in [2.05, 4.69) is 10.3 Å². The van der Waals surface area contributed by atoms with Crippen molar-refractivity contribution in [1.29, 1.82) is 0 Å². The predicted molar refractivity (Wildman–Crippen MR) is 72.5 cm³/mol. The monoisotopic (exact) mass is 259 g/mol. The van der Waals surface area contributed by atoms with Crippen molar-refractivity contribution in [3.8, 4) is 11.3 Å². The van der Waals surface area contributed by atoms with Crippen LogP contribution >= 0.6 is 11.3 Å². The summed E-state index contributed by atoms with van der Waals surface area (Å²) in [5.74, 6) is -0.0643. The molecule has 0 atom stereocenters. The van der Waals surface area contributed by atoms with Gasteiger partial charge in [0.15, 0.2) is 5.13 Å². The van der Waals surface area contributed by atoms with Gasteiger partial charge in [0.05, 0.1) is 5.69 Å². The molecule has 0 aliphatic heterocycles. The first kappa shape index (κ1) is 11.2. The molecule has 0 bridgehead atoms. The molecule has 1 saturated carbocycles. The van der Waals surface area contributed by atoms with E-state index in [1.54, 1.807) is 0 Å². The van der Waals surface area contributed by atoms with Crippen LogP contribution in [0.1, 0.15) is 22.5 Å². The minimum absolute atomic E-state index is 0.0643. The van der Waals surface area contributed by atoms with Crippen molar-refractivity contribution in [3.05, 3.63) is 35.2 Å². The number of amides is 1. The molecule has 5 heteroatoms. The average molecular weight is 259 g/mol. The van der Waals surface area contributed by atoms with Crippen molar-refractivity contribution in [3.63, 3.8) is 0 Å². The molecule has 0 unspecified atom stereocenters. The summed E-state index contributed by atoms with van der Waals surface area (Å²) in [6.07, 6.45) is 2.14. The highest BCUT2D eigenvalue weighted by Crippen LogP contribution is 2.30. The van der Waals surface area contributed by atoms with Gasteiger partial charge in [-0.2, -0.15) is 0 Å². The van der Waals surface area contributed by atoms with Crippen LogP contribution in [-0.2, 0) is 0 Å². The summed E-state index contributed by atoms with van der Waals surface area (Å²) in [6, 6.07) is 9.99. The molecule has 3 rings (SSSR count). The highest BCUT2D eigenvalue weighted by atomic mass is 32.1. The number of carbonyl (C=O) groups is 1. The van der Waals surface area contributed by atoms with E-state index < -0.39 is 0 Å². The second-order valence-electron chi connectivity index (χ2n) is 4.34. The molecule has 1 aromatic carbocycles. The van der Waals surface area contributed by atoms with Crippen LogP contribution in [0.15, 0.2) is 30.3 Å². The Balaban J connectivity index is 1.96. The normalized spacial score (nSPS) is 14.4. The Kier molecular flexibility index (Phi) is 2.76. The maximum atomic E-state index is 12.1. The van der Waals surface area contributed by atoms with Crippen molar-refractivity contribution >= 4 is 22.4 Å². The largest absolute Gasteiger partial charge is 0.375 e. The number of nitrogens with zero attached hydrogens (tertiary/aromatic N) is 1. The zero-order valence-corrected chi connectivity index (χ0v) is 10.5. The van der Waals surface area contributed by atoms with E-state index in [4.69, 9.17) is 5.73 Å². The predicted octanol–water partition coefficient (Wildman–Crippen LogP) is 2.28. The lowest BCUT2D eigenvalue weighted by molar-refractivity contribution is 0.0955. The minimum atomic E-state index is -0.0643. The maximum Gasteiger partial charge on any atom is 0.263 e. The fourth-order valence-corrected chi connectivity index (χ4v) is 2.52. The van der Waals surface area contributed by atoms with Crippen LogP contribution in [-0.4, -0.2) is 16.9 Å². The minimum Gasteiger partial charge on any atom is -0.375 e. The highest BCUT2D eigenvalue weighted by molar-refractivity contribution is 7.17. The van der Waals surface area contributed by atoms with Crippen LogP contribution in [0.4, 0.5) is 5.13 Å². The maximum absolute atomic E-state index is 12.1. The van der Waals surface area contributed by atoms with Gasteiger partial charge in [-0.15, -0.1) is 0 Å². The lowest BCUT2D eigenvalue weighted by Gasteiger charge is -2.03. The third-order valence-electron chi connectivity index (χ3n) is 2.81. The number of anilines is 1. The number of hydrogen-bond acceptors (Lipinski definition) is 4. The Morgan fingerprint density at radius 3 is 2.72 bits per heavy atom. The van der Waals surface area contributed by atoms with Crippen LogP contribution in [0.2, 0.25) is 0 Å². The van der Waals surface area contributed by atoms with Gasteiger partial charge in [-0.25, -0.2) is 4.98 Å². The third kappa shape index (κ3) is 2.22. The third-order valence-corrected chi connectivity index (χ3v) is 3.69. The van der Waals surface area contributed by atoms with Gasteiger partial charge in [-0.05, 0) is 12.8 Å². The molecular formula is C13H13N3OS. The Bertz CT molecular complexity index is 575. The molecule has 0 radical (unpaired) electrons. The van der Waals surface area contributed by atoms with Crippen molar-refractivity contribution in [2.24, 2.45) is 0 Å². The first-order valence-corrected chi connectivity index (χ1v) is 6.68. The molecule has 0 saturated heterocycles. The SMILES string of the molecule is Nc1nc(-c2ccccc2)c(C(=O)NC2CC2)s1. The zero-order chi connectivity index (χ0) is 12.5. The van der Waals surface area contributed by atoms with E-state index in [1.807, 2.05) is 30.3 Å². The molecule has 4 nitrogen and oxygen atoms in total. The highest BCUT2D eigenvalue weighted by Gasteiger charge is 2.26. The molecule has 18 heavy (non-hydrogen) atoms. The van der Waals surface area contributed by atoms with Crippen LogP contribution in [0.5, 0.6) is 0 Å². The molecule has 3 N–H and O–H groups in total. The summed E-state index contributed by atoms with van der Waals surface area (Å²) in [6.45, 7) is 0. The van der Waals surface area contributed by atoms with Gasteiger partial charge in [-0.1, -0.05) is 41.7 Å². The van der Waals surface area contributed by atoms with Gasteiger partial charge in [0.25, 0.3) is 5.91 Å². The van der Waals surface area contributed by atoms with Gasteiger partial charge >= 0.3 is 0 Å². The van der Waals surface area contributed by atoms with E-state index in [0.29, 0.717) is 21.7 Å². The smallest absolute Gasteiger partial charge is 0.263 e. The van der Waals surface area contributed by atoms with Crippen molar-refractivity contribution in [2.75, 3.05) is 5.73 Å². The molecule has 1 aromatic heterocycles. The molecule has 2 aromatic rings. The number of rotatable bonds is 3. The van der Waals surface area contributed by atoms with Crippen molar-refractivity contribution in [2.45, 2.75) is 18.9 Å². The summed E-state index contributed by atoms with van der Waals surface area (Å²) < 4.78 is 0. The Morgan fingerprint density at radius 2 is 2.06 bits per heavy atom. The number of thiazole rings is 1. The van der Waals surface area contributed by atoms with E-state index in [-0.39, 0.29) is 5.91 Å². The number of benzene rings is 1. The number of carbonyl (C=O) groups excluding carboxylic acids is 1. The van der Waals surface area contributed by atoms with Gasteiger partial charge < -0.3 is 11.1 Å². The number of nitrogens with two attached hydrogens (primary N) is 1. The van der Waals surface area contributed by atoms with E-state index in [9.17, 15) is 4.79 Å². The second kappa shape index (κ2) is 4.42. The van der Waals surface area contributed by atoms with Gasteiger partial charge in [0, 0.05) is 11.6 Å². The van der Waals surface area contributed by atoms with E-state index >= 15 is 0 Å². The van der Waals surface area contributed by atoms with Crippen molar-refractivity contribution < 1.29 is 4.79 Å². The van der Waals surface area contributed by atoms with Gasteiger partial charge in [0.2, 0.25) is 0 Å². The number of aromatic nitrogens is 1. The molecule has 92 valence electrons. The fraction of sp³-hybridized carbons (Fsp3) is 0.231. The summed E-state index contributed by atoms with van der Waals surface area (Å²) >= 11 is 1.24. The molecule has 1 amide bonds. The van der Waals surface area contributed by atoms with Crippen LogP contribution in [0, 0.1) is 0 Å². The molecule has 1 aliphatic rings. The summed E-state index contributed by atoms with van der Waals surface area (Å²) in [5, 5.41) is 3.40. The summed E-state index contributed by atoms with van der Waals surface area (Å²) in [5.41, 5.74) is 7.33. The van der Waals surface area contributed by atoms with Crippen molar-refractivity contribution in [1.82, 2.24) is 10.3 Å². The zero-order valence-electron chi connectivity index (χ0n) is 9.72. The summed E-state index contributed by atoms with van der Waals surface area (Å²) in [7, 11) is 0. The molecule has 1 aliphatic carbocycles. The van der Waals surface area contributed by atoms with E-state index in [0.717, 1.165) is 18.4 Å². The van der Waals surface area contributed by atoms with Gasteiger partial charge in [-0.3, -0.25) is 4.79 Å². The lowest BCUT2D eigenvalue weighted by Crippen LogP contribution is -2.24. The van der Waals surface area contributed by atoms with Crippen LogP contribution < -0.4 is 11.1 Å². The molecule has 0 spiro atoms. The Morgan fingerprint density at radius 1 is 1.33 bits per heavy atom. The van der Waals surface area contributed by atoms with Gasteiger partial charge in [0.1, 0.15) is 4.88 Å². The standard InChI is InChI=1S/C13H13N3OS/c14-13-16-10(8-4-2-1-3-5-8)11(18-13)12(17)15-9-6-7-9/h1-5,9H,6-7H2,(H2,14,16)(H,15,17). The first-order chi connectivity index (χ1) is 8.74. The van der Waals surface area contributed by atoms with E-state index in [1.165, 1.54) is 11.3 Å². The summed E-state index contributed by atoms with van der Waals surface area (Å²) in [4.78, 5) is 17.0. The first-order valence-electron chi connectivity index (χ1n) is 5.86. The molecular weight excluding hydrogens is 246 g/mol. The number of nitrogen functional groups attached to an aromatic ring is 1. The lowest BCUT2D eigenvalue weighted by atomic mass is 10.1. The number of nitrogens with one attached hydrogen (secondary N) is 1. The second-order valence-corrected chi connectivity index (χ2v) is 5.37. The average Bonchev–Trinajstić information content (AvgIpc) is 3.10. The Hall–Kier alpha value is -1.88. The fourth-order valence-electron chi connectivity index (χ4n) is 1.76. The Labute approximate surface area is 109 Å². The quantitative estimate of drug-likeness (QED) is 0.888. The molecule has 1 fully saturated rings. The molecule has 1 heterocycles. The number of hydrogen-bond donors (Lipinski definition) is 2. The van der Waals surface area contributed by atoms with Crippen LogP contribution in [0.25, 0.3) is 11.3 Å². The van der Waals surface area contributed by atoms with Crippen LogP contribution in [0.3, 0.4) is 0 Å².